The average Bonchev–Trinajstić information content (AvgIpc) is 3.09. The minimum atomic E-state index is -0.806. The second kappa shape index (κ2) is 6.11. The van der Waals surface area contributed by atoms with Crippen LogP contribution in [0.15, 0.2) is 42.0 Å². The van der Waals surface area contributed by atoms with Gasteiger partial charge in [0.25, 0.3) is 0 Å². The third kappa shape index (κ3) is 2.92. The van der Waals surface area contributed by atoms with E-state index in [-0.39, 0.29) is 11.5 Å². The monoisotopic (exact) mass is 302 g/mol. The van der Waals surface area contributed by atoms with Gasteiger partial charge in [0.15, 0.2) is 5.76 Å². The van der Waals surface area contributed by atoms with Crippen molar-refractivity contribution in [2.24, 2.45) is 0 Å². The van der Waals surface area contributed by atoms with Crippen molar-refractivity contribution in [3.8, 4) is 0 Å². The number of aliphatic hydroxyl groups is 1. The van der Waals surface area contributed by atoms with E-state index in [1.807, 2.05) is 29.3 Å². The van der Waals surface area contributed by atoms with Crippen molar-refractivity contribution in [3.63, 3.8) is 0 Å². The molecule has 0 fully saturated rings. The van der Waals surface area contributed by atoms with E-state index >= 15 is 0 Å². The number of hydrogen-bond donors (Lipinski definition) is 2. The Kier molecular flexibility index (Phi) is 4.02. The molecule has 2 heterocycles. The number of hydrogen-bond acceptors (Lipinski definition) is 5. The van der Waals surface area contributed by atoms with Gasteiger partial charge in [-0.3, -0.25) is 4.90 Å². The van der Waals surface area contributed by atoms with Crippen molar-refractivity contribution in [1.82, 2.24) is 9.88 Å². The van der Waals surface area contributed by atoms with Crippen LogP contribution in [0.2, 0.25) is 0 Å². The van der Waals surface area contributed by atoms with E-state index in [9.17, 15) is 9.90 Å². The molecule has 0 radical (unpaired) electrons. The summed E-state index contributed by atoms with van der Waals surface area (Å²) in [5.74, 6) is 0.357. The molecule has 0 saturated carbocycles. The van der Waals surface area contributed by atoms with Crippen molar-refractivity contribution in [1.29, 1.82) is 0 Å². The van der Waals surface area contributed by atoms with Gasteiger partial charge < -0.3 is 19.6 Å². The summed E-state index contributed by atoms with van der Waals surface area (Å²) >= 11 is 0. The summed E-state index contributed by atoms with van der Waals surface area (Å²) in [4.78, 5) is 16.4. The predicted octanol–water partition coefficient (Wildman–Crippen LogP) is 2.58. The number of H-pyrrole nitrogens is 1. The Morgan fingerprint density at radius 2 is 2.18 bits per heavy atom. The summed E-state index contributed by atoms with van der Waals surface area (Å²) in [6, 6.07) is 8.16. The number of nitrogens with zero attached hydrogens (tertiary/aromatic N) is 1. The van der Waals surface area contributed by atoms with Gasteiger partial charge in [-0.05, 0) is 18.1 Å². The molecular formula is C16H18N2O4. The number of benzene rings is 1. The topological polar surface area (TPSA) is 74.8 Å². The molecule has 0 unspecified atom stereocenters. The molecule has 0 bridgehead atoms. The van der Waals surface area contributed by atoms with Crippen LogP contribution in [-0.4, -0.2) is 47.9 Å². The number of aromatic amines is 1. The number of rotatable bonds is 4. The highest BCUT2D eigenvalue weighted by Gasteiger charge is 2.25. The van der Waals surface area contributed by atoms with Crippen LogP contribution in [0.5, 0.6) is 0 Å². The fraction of sp³-hybridized carbons (Fsp3) is 0.312. The van der Waals surface area contributed by atoms with Gasteiger partial charge in [-0.15, -0.1) is 0 Å². The first-order chi connectivity index (χ1) is 10.7. The van der Waals surface area contributed by atoms with E-state index < -0.39 is 6.16 Å². The van der Waals surface area contributed by atoms with E-state index in [0.717, 1.165) is 18.5 Å². The maximum atomic E-state index is 11.1. The lowest BCUT2D eigenvalue weighted by Gasteiger charge is -2.14. The zero-order valence-corrected chi connectivity index (χ0v) is 12.3. The molecule has 116 valence electrons. The second-order valence-corrected chi connectivity index (χ2v) is 5.25. The number of nitrogens with one attached hydrogen (secondary N) is 1. The van der Waals surface area contributed by atoms with Crippen LogP contribution in [0.4, 0.5) is 4.79 Å². The molecule has 1 aromatic carbocycles. The minimum absolute atomic E-state index is 0.0873. The Hall–Kier alpha value is -2.47. The molecular weight excluding hydrogens is 284 g/mol. The molecule has 0 aliphatic carbocycles. The molecule has 2 aromatic rings. The van der Waals surface area contributed by atoms with E-state index in [2.05, 4.69) is 15.8 Å². The largest absolute Gasteiger partial charge is 0.513 e. The van der Waals surface area contributed by atoms with Gasteiger partial charge in [0.2, 0.25) is 0 Å². The fourth-order valence-electron chi connectivity index (χ4n) is 2.66. The molecule has 0 atom stereocenters. The molecule has 22 heavy (non-hydrogen) atoms. The summed E-state index contributed by atoms with van der Waals surface area (Å²) in [6.45, 7) is 1.55. The predicted molar refractivity (Wildman–Crippen MR) is 81.6 cm³/mol. The number of aromatic nitrogens is 1. The number of aliphatic hydroxyl groups excluding tert-OH is 1. The number of ether oxygens (including phenoxy) is 2. The quantitative estimate of drug-likeness (QED) is 0.849. The molecule has 3 rings (SSSR count). The van der Waals surface area contributed by atoms with Crippen LogP contribution in [0.25, 0.3) is 10.9 Å². The zero-order valence-electron chi connectivity index (χ0n) is 12.3. The Balaban J connectivity index is 1.58. The van der Waals surface area contributed by atoms with Crippen LogP contribution < -0.4 is 0 Å². The van der Waals surface area contributed by atoms with Gasteiger partial charge in [0.1, 0.15) is 5.76 Å². The Morgan fingerprint density at radius 3 is 3.00 bits per heavy atom. The van der Waals surface area contributed by atoms with Crippen LogP contribution in [0.3, 0.4) is 0 Å². The molecule has 0 saturated heterocycles. The van der Waals surface area contributed by atoms with Crippen LogP contribution >= 0.6 is 0 Å². The Labute approximate surface area is 127 Å². The van der Waals surface area contributed by atoms with Gasteiger partial charge in [0.05, 0.1) is 20.2 Å². The van der Waals surface area contributed by atoms with Crippen LogP contribution in [0.1, 0.15) is 5.56 Å². The highest BCUT2D eigenvalue weighted by atomic mass is 16.7. The number of methoxy groups -OCH3 is 1. The standard InChI is InChI=1S/C16H18N2O4/c1-21-16(20)22-15-10-18(9-14(15)19)7-6-11-8-17-13-5-3-2-4-12(11)13/h2-5,8,17,19H,6-7,9-10H2,1H3. The van der Waals surface area contributed by atoms with Crippen molar-refractivity contribution >= 4 is 17.1 Å². The summed E-state index contributed by atoms with van der Waals surface area (Å²) in [5, 5.41) is 11.0. The lowest BCUT2D eigenvalue weighted by molar-refractivity contribution is 0.0920. The first-order valence-corrected chi connectivity index (χ1v) is 7.11. The molecule has 0 spiro atoms. The van der Waals surface area contributed by atoms with Gasteiger partial charge in [-0.2, -0.15) is 0 Å². The molecule has 6 heteroatoms. The summed E-state index contributed by atoms with van der Waals surface area (Å²) in [7, 11) is 1.24. The third-order valence-corrected chi connectivity index (χ3v) is 3.81. The van der Waals surface area contributed by atoms with Crippen molar-refractivity contribution in [2.45, 2.75) is 6.42 Å². The highest BCUT2D eigenvalue weighted by Crippen LogP contribution is 2.21. The van der Waals surface area contributed by atoms with Crippen LogP contribution in [-0.2, 0) is 15.9 Å². The van der Waals surface area contributed by atoms with E-state index in [0.29, 0.717) is 13.1 Å². The molecule has 1 aromatic heterocycles. The summed E-state index contributed by atoms with van der Waals surface area (Å²) in [6.07, 6.45) is 2.06. The maximum absolute atomic E-state index is 11.1. The normalized spacial score (nSPS) is 15.5. The van der Waals surface area contributed by atoms with E-state index in [1.54, 1.807) is 0 Å². The number of carbonyl (C=O) groups is 1. The number of para-hydroxylation sites is 1. The Bertz CT molecular complexity index is 720. The molecule has 0 amide bonds. The maximum Gasteiger partial charge on any atom is 0.513 e. The molecule has 1 aliphatic rings. The van der Waals surface area contributed by atoms with Crippen molar-refractivity contribution in [2.75, 3.05) is 26.7 Å². The van der Waals surface area contributed by atoms with E-state index in [1.165, 1.54) is 18.1 Å². The summed E-state index contributed by atoms with van der Waals surface area (Å²) < 4.78 is 9.36. The van der Waals surface area contributed by atoms with Gasteiger partial charge >= 0.3 is 6.16 Å². The molecule has 2 N–H and O–H groups in total. The van der Waals surface area contributed by atoms with Crippen molar-refractivity contribution < 1.29 is 19.4 Å². The second-order valence-electron chi connectivity index (χ2n) is 5.25. The molecule has 1 aliphatic heterocycles. The average molecular weight is 302 g/mol. The highest BCUT2D eigenvalue weighted by molar-refractivity contribution is 5.83. The summed E-state index contributed by atoms with van der Waals surface area (Å²) in [5.41, 5.74) is 2.35. The third-order valence-electron chi connectivity index (χ3n) is 3.81. The smallest absolute Gasteiger partial charge is 0.507 e. The Morgan fingerprint density at radius 1 is 1.36 bits per heavy atom. The minimum Gasteiger partial charge on any atom is -0.507 e. The first kappa shape index (κ1) is 14.5. The first-order valence-electron chi connectivity index (χ1n) is 7.11. The lowest BCUT2D eigenvalue weighted by Crippen LogP contribution is -2.24. The SMILES string of the molecule is COC(=O)OC1=C(O)CN(CCc2c[nH]c3ccccc23)C1. The van der Waals surface area contributed by atoms with Gasteiger partial charge in [-0.25, -0.2) is 4.79 Å². The van der Waals surface area contributed by atoms with E-state index in [4.69, 9.17) is 4.74 Å². The molecule has 6 nitrogen and oxygen atoms in total. The van der Waals surface area contributed by atoms with Gasteiger partial charge in [0, 0.05) is 23.6 Å². The number of fused-ring (bicyclic) bond motifs is 1. The lowest BCUT2D eigenvalue weighted by atomic mass is 10.1. The fourth-order valence-corrected chi connectivity index (χ4v) is 2.66. The van der Waals surface area contributed by atoms with Crippen molar-refractivity contribution in [3.05, 3.63) is 47.5 Å². The van der Waals surface area contributed by atoms with Gasteiger partial charge in [-0.1, -0.05) is 18.2 Å². The number of carbonyl (C=O) groups excluding carboxylic acids is 1. The zero-order chi connectivity index (χ0) is 15.5. The van der Waals surface area contributed by atoms with Crippen LogP contribution in [0, 0.1) is 0 Å².